The predicted molar refractivity (Wildman–Crippen MR) is 89.7 cm³/mol. The molecule has 3 rings (SSSR count). The molecule has 24 heavy (non-hydrogen) atoms. The van der Waals surface area contributed by atoms with Gasteiger partial charge in [-0.3, -0.25) is 9.20 Å². The summed E-state index contributed by atoms with van der Waals surface area (Å²) in [6, 6.07) is 14.7. The summed E-state index contributed by atoms with van der Waals surface area (Å²) in [7, 11) is 0. The molecular weight excluding hydrogens is 304 g/mol. The Hall–Kier alpha value is -3.39. The lowest BCUT2D eigenvalue weighted by Gasteiger charge is -2.04. The summed E-state index contributed by atoms with van der Waals surface area (Å²) in [6.07, 6.45) is 3.20. The van der Waals surface area contributed by atoms with Crippen molar-refractivity contribution in [2.75, 3.05) is 6.61 Å². The largest absolute Gasteiger partial charge is 0.461 e. The van der Waals surface area contributed by atoms with Gasteiger partial charge in [-0.05, 0) is 24.3 Å². The highest BCUT2D eigenvalue weighted by Gasteiger charge is 2.14. The van der Waals surface area contributed by atoms with Crippen LogP contribution < -0.4 is 5.56 Å². The van der Waals surface area contributed by atoms with E-state index in [1.54, 1.807) is 24.4 Å². The molecule has 2 heterocycles. The van der Waals surface area contributed by atoms with Crippen molar-refractivity contribution in [3.63, 3.8) is 0 Å². The van der Waals surface area contributed by atoms with E-state index in [9.17, 15) is 9.59 Å². The van der Waals surface area contributed by atoms with Gasteiger partial charge in [-0.1, -0.05) is 36.1 Å². The molecule has 0 spiro atoms. The highest BCUT2D eigenvalue weighted by molar-refractivity contribution is 5.88. The second-order valence-electron chi connectivity index (χ2n) is 4.96. The predicted octanol–water partition coefficient (Wildman–Crippen LogP) is 2.29. The molecule has 118 valence electrons. The number of benzene rings is 1. The van der Waals surface area contributed by atoms with Crippen LogP contribution in [0.25, 0.3) is 5.65 Å². The normalized spacial score (nSPS) is 10.0. The van der Waals surface area contributed by atoms with Crippen LogP contribution in [-0.2, 0) is 4.74 Å². The third kappa shape index (κ3) is 3.50. The molecule has 0 aliphatic heterocycles. The molecule has 0 amide bonds. The average molecular weight is 318 g/mol. The smallest absolute Gasteiger partial charge is 0.345 e. The molecule has 1 aromatic carbocycles. The maximum Gasteiger partial charge on any atom is 0.345 e. The van der Waals surface area contributed by atoms with Gasteiger partial charge in [0.2, 0.25) is 0 Å². The van der Waals surface area contributed by atoms with Gasteiger partial charge in [-0.15, -0.1) is 0 Å². The zero-order valence-electron chi connectivity index (χ0n) is 12.8. The lowest BCUT2D eigenvalue weighted by molar-refractivity contribution is 0.0511. The molecule has 0 N–H and O–H groups in total. The van der Waals surface area contributed by atoms with Crippen LogP contribution in [0, 0.1) is 11.8 Å². The fraction of sp³-hybridized carbons (Fsp3) is 0.105. The highest BCUT2D eigenvalue weighted by Crippen LogP contribution is 2.00. The third-order valence-corrected chi connectivity index (χ3v) is 3.30. The van der Waals surface area contributed by atoms with Crippen molar-refractivity contribution in [1.29, 1.82) is 0 Å². The van der Waals surface area contributed by atoms with E-state index in [0.29, 0.717) is 12.1 Å². The fourth-order valence-electron chi connectivity index (χ4n) is 2.13. The van der Waals surface area contributed by atoms with E-state index in [4.69, 9.17) is 4.74 Å². The number of fused-ring (bicyclic) bond motifs is 1. The van der Waals surface area contributed by atoms with Gasteiger partial charge < -0.3 is 4.74 Å². The molecule has 0 fully saturated rings. The van der Waals surface area contributed by atoms with E-state index in [2.05, 4.69) is 16.8 Å². The number of rotatable bonds is 3. The van der Waals surface area contributed by atoms with Crippen LogP contribution >= 0.6 is 0 Å². The van der Waals surface area contributed by atoms with E-state index in [1.165, 1.54) is 10.6 Å². The summed E-state index contributed by atoms with van der Waals surface area (Å²) in [5, 5.41) is 0. The Labute approximate surface area is 138 Å². The van der Waals surface area contributed by atoms with Crippen molar-refractivity contribution in [1.82, 2.24) is 9.38 Å². The number of esters is 1. The Morgan fingerprint density at radius 2 is 1.92 bits per heavy atom. The van der Waals surface area contributed by atoms with Crippen molar-refractivity contribution < 1.29 is 9.53 Å². The molecule has 3 aromatic rings. The van der Waals surface area contributed by atoms with Gasteiger partial charge in [-0.2, -0.15) is 0 Å². The number of ether oxygens (including phenoxy) is 1. The van der Waals surface area contributed by atoms with Crippen LogP contribution in [0.4, 0.5) is 0 Å². The summed E-state index contributed by atoms with van der Waals surface area (Å²) >= 11 is 0. The minimum absolute atomic E-state index is 0.0882. The Morgan fingerprint density at radius 3 is 2.75 bits per heavy atom. The first kappa shape index (κ1) is 15.5. The van der Waals surface area contributed by atoms with Crippen LogP contribution in [0.1, 0.15) is 22.3 Å². The van der Waals surface area contributed by atoms with E-state index < -0.39 is 11.5 Å². The summed E-state index contributed by atoms with van der Waals surface area (Å²) < 4.78 is 6.41. The number of aromatic nitrogens is 2. The van der Waals surface area contributed by atoms with Gasteiger partial charge in [0, 0.05) is 24.4 Å². The molecule has 2 aromatic heterocycles. The van der Waals surface area contributed by atoms with Crippen LogP contribution in [0.15, 0.2) is 65.7 Å². The fourth-order valence-corrected chi connectivity index (χ4v) is 2.13. The van der Waals surface area contributed by atoms with Crippen molar-refractivity contribution >= 4 is 11.6 Å². The second-order valence-corrected chi connectivity index (χ2v) is 4.96. The summed E-state index contributed by atoms with van der Waals surface area (Å²) in [5.41, 5.74) is 0.851. The molecule has 5 nitrogen and oxygen atoms in total. The zero-order valence-corrected chi connectivity index (χ0v) is 12.8. The number of carbonyl (C=O) groups excluding carboxylic acids is 1. The standard InChI is InChI=1S/C19H14N2O3/c22-18-16(14-20-17-11-4-6-12-21(17)18)19(23)24-13-7-5-10-15-8-2-1-3-9-15/h1-4,6,8-9,11-12,14H,7,13H2. The van der Waals surface area contributed by atoms with E-state index in [1.807, 2.05) is 30.3 Å². The molecule has 0 radical (unpaired) electrons. The number of pyridine rings is 1. The molecule has 0 aliphatic rings. The van der Waals surface area contributed by atoms with Crippen LogP contribution in [-0.4, -0.2) is 22.0 Å². The molecule has 5 heteroatoms. The van der Waals surface area contributed by atoms with Crippen molar-refractivity contribution in [3.05, 3.63) is 82.4 Å². The van der Waals surface area contributed by atoms with Crippen molar-refractivity contribution in [3.8, 4) is 11.8 Å². The van der Waals surface area contributed by atoms with E-state index in [0.717, 1.165) is 5.56 Å². The third-order valence-electron chi connectivity index (χ3n) is 3.30. The van der Waals surface area contributed by atoms with Gasteiger partial charge in [0.1, 0.15) is 17.8 Å². The van der Waals surface area contributed by atoms with Crippen LogP contribution in [0.2, 0.25) is 0 Å². The van der Waals surface area contributed by atoms with Gasteiger partial charge in [-0.25, -0.2) is 9.78 Å². The average Bonchev–Trinajstić information content (AvgIpc) is 2.62. The zero-order chi connectivity index (χ0) is 16.8. The molecule has 0 atom stereocenters. The molecule has 0 bridgehead atoms. The summed E-state index contributed by atoms with van der Waals surface area (Å²) in [5.74, 6) is 5.21. The lowest BCUT2D eigenvalue weighted by Crippen LogP contribution is -2.24. The SMILES string of the molecule is O=C(OCCC#Cc1ccccc1)c1cnc2ccccn2c1=O. The van der Waals surface area contributed by atoms with Crippen LogP contribution in [0.3, 0.4) is 0 Å². The van der Waals surface area contributed by atoms with Gasteiger partial charge in [0.15, 0.2) is 0 Å². The van der Waals surface area contributed by atoms with Crippen LogP contribution in [0.5, 0.6) is 0 Å². The number of hydrogen-bond acceptors (Lipinski definition) is 4. The van der Waals surface area contributed by atoms with Gasteiger partial charge >= 0.3 is 5.97 Å². The summed E-state index contributed by atoms with van der Waals surface area (Å²) in [6.45, 7) is 0.121. The lowest BCUT2D eigenvalue weighted by atomic mass is 10.2. The number of hydrogen-bond donors (Lipinski definition) is 0. The Balaban J connectivity index is 1.63. The molecule has 0 unspecified atom stereocenters. The molecule has 0 saturated heterocycles. The Kier molecular flexibility index (Phi) is 4.68. The first-order valence-electron chi connectivity index (χ1n) is 7.43. The minimum atomic E-state index is -0.688. The van der Waals surface area contributed by atoms with Gasteiger partial charge in [0.25, 0.3) is 5.56 Å². The Bertz CT molecular complexity index is 982. The molecule has 0 aliphatic carbocycles. The maximum absolute atomic E-state index is 12.2. The van der Waals surface area contributed by atoms with Crippen molar-refractivity contribution in [2.45, 2.75) is 6.42 Å². The quantitative estimate of drug-likeness (QED) is 0.422. The topological polar surface area (TPSA) is 60.7 Å². The van der Waals surface area contributed by atoms with Gasteiger partial charge in [0.05, 0.1) is 0 Å². The second kappa shape index (κ2) is 7.25. The Morgan fingerprint density at radius 1 is 1.12 bits per heavy atom. The molecule has 0 saturated carbocycles. The maximum atomic E-state index is 12.2. The van der Waals surface area contributed by atoms with E-state index in [-0.39, 0.29) is 12.2 Å². The number of carbonyl (C=O) groups is 1. The first-order chi connectivity index (χ1) is 11.8. The minimum Gasteiger partial charge on any atom is -0.461 e. The monoisotopic (exact) mass is 318 g/mol. The first-order valence-corrected chi connectivity index (χ1v) is 7.43. The molecular formula is C19H14N2O3. The highest BCUT2D eigenvalue weighted by atomic mass is 16.5. The van der Waals surface area contributed by atoms with Crippen molar-refractivity contribution in [2.24, 2.45) is 0 Å². The van der Waals surface area contributed by atoms with E-state index >= 15 is 0 Å². The summed E-state index contributed by atoms with van der Waals surface area (Å²) in [4.78, 5) is 28.3. The number of nitrogens with zero attached hydrogens (tertiary/aromatic N) is 2.